The van der Waals surface area contributed by atoms with Crippen LogP contribution in [0, 0.1) is 0 Å². The molecular formula is C10H10Cl2N2O2. The number of hydrogen-bond donors (Lipinski definition) is 1. The Balaban J connectivity index is 3.28. The number of rotatable bonds is 3. The van der Waals surface area contributed by atoms with Crippen molar-refractivity contribution in [3.63, 3.8) is 0 Å². The number of hydrogen-bond acceptors (Lipinski definition) is 4. The van der Waals surface area contributed by atoms with E-state index >= 15 is 0 Å². The van der Waals surface area contributed by atoms with E-state index in [1.54, 1.807) is 25.1 Å². The summed E-state index contributed by atoms with van der Waals surface area (Å²) < 4.78 is 0. The summed E-state index contributed by atoms with van der Waals surface area (Å²) in [6, 6.07) is 4.92. The zero-order valence-corrected chi connectivity index (χ0v) is 10.2. The van der Waals surface area contributed by atoms with Crippen LogP contribution in [0.15, 0.2) is 28.5 Å². The third-order valence-electron chi connectivity index (χ3n) is 1.86. The molecule has 1 aromatic carbocycles. The molecule has 0 saturated heterocycles. The van der Waals surface area contributed by atoms with E-state index in [0.29, 0.717) is 27.0 Å². The van der Waals surface area contributed by atoms with E-state index in [1.807, 2.05) is 0 Å². The van der Waals surface area contributed by atoms with E-state index in [4.69, 9.17) is 28.4 Å². The van der Waals surface area contributed by atoms with Gasteiger partial charge in [-0.25, -0.2) is 0 Å². The molecule has 1 aromatic rings. The summed E-state index contributed by atoms with van der Waals surface area (Å²) in [5.74, 6) is 0. The molecule has 6 heteroatoms. The molecule has 0 spiro atoms. The summed E-state index contributed by atoms with van der Waals surface area (Å²) in [6.45, 7) is 1.59. The van der Waals surface area contributed by atoms with Crippen LogP contribution in [-0.2, 0) is 4.84 Å². The van der Waals surface area contributed by atoms with Crippen LogP contribution in [0.4, 0.5) is 0 Å². The Kier molecular flexibility index (Phi) is 4.58. The zero-order chi connectivity index (χ0) is 12.1. The van der Waals surface area contributed by atoms with E-state index in [9.17, 15) is 0 Å². The van der Waals surface area contributed by atoms with Crippen LogP contribution in [0.25, 0.3) is 0 Å². The molecule has 1 rings (SSSR count). The molecule has 0 unspecified atom stereocenters. The fourth-order valence-electron chi connectivity index (χ4n) is 1.13. The molecule has 1 N–H and O–H groups in total. The van der Waals surface area contributed by atoms with Gasteiger partial charge in [-0.05, 0) is 25.1 Å². The van der Waals surface area contributed by atoms with Gasteiger partial charge >= 0.3 is 0 Å². The predicted octanol–water partition coefficient (Wildman–Crippen LogP) is 3.19. The van der Waals surface area contributed by atoms with Crippen molar-refractivity contribution in [1.29, 1.82) is 0 Å². The Labute approximate surface area is 103 Å². The van der Waals surface area contributed by atoms with Crippen molar-refractivity contribution in [3.8, 4) is 0 Å². The molecular weight excluding hydrogens is 251 g/mol. The maximum Gasteiger partial charge on any atom is 0.136 e. The average molecular weight is 261 g/mol. The van der Waals surface area contributed by atoms with Crippen molar-refractivity contribution in [2.75, 3.05) is 7.11 Å². The molecule has 0 saturated carbocycles. The van der Waals surface area contributed by atoms with Gasteiger partial charge in [0.25, 0.3) is 0 Å². The Morgan fingerprint density at radius 3 is 2.56 bits per heavy atom. The molecule has 0 aromatic heterocycles. The Morgan fingerprint density at radius 1 is 1.38 bits per heavy atom. The van der Waals surface area contributed by atoms with Gasteiger partial charge in [0, 0.05) is 10.6 Å². The Hall–Kier alpha value is -1.26. The van der Waals surface area contributed by atoms with Gasteiger partial charge in [-0.15, -0.1) is 0 Å². The van der Waals surface area contributed by atoms with Crippen LogP contribution < -0.4 is 0 Å². The highest BCUT2D eigenvalue weighted by molar-refractivity contribution is 6.50. The summed E-state index contributed by atoms with van der Waals surface area (Å²) in [5, 5.41) is 16.5. The standard InChI is InChI=1S/C10H10Cl2N2O2/c1-6(13-15)10(14-16-2)8-4-3-7(11)5-9(8)12/h3-5,15H,1-2H3/b13-6+,14-10-. The number of nitrogens with zero attached hydrogens (tertiary/aromatic N) is 2. The van der Waals surface area contributed by atoms with Gasteiger partial charge in [0.2, 0.25) is 0 Å². The van der Waals surface area contributed by atoms with Crippen LogP contribution in [-0.4, -0.2) is 23.7 Å². The largest absolute Gasteiger partial charge is 0.411 e. The molecule has 0 aliphatic carbocycles. The van der Waals surface area contributed by atoms with Crippen molar-refractivity contribution in [1.82, 2.24) is 0 Å². The lowest BCUT2D eigenvalue weighted by molar-refractivity contribution is 0.214. The smallest absolute Gasteiger partial charge is 0.136 e. The minimum absolute atomic E-state index is 0.297. The maximum atomic E-state index is 8.72. The van der Waals surface area contributed by atoms with Crippen LogP contribution in [0.2, 0.25) is 10.0 Å². The second-order valence-corrected chi connectivity index (χ2v) is 3.78. The summed E-state index contributed by atoms with van der Waals surface area (Å²) in [7, 11) is 1.40. The highest BCUT2D eigenvalue weighted by atomic mass is 35.5. The molecule has 0 aliphatic heterocycles. The van der Waals surface area contributed by atoms with E-state index in [-0.39, 0.29) is 0 Å². The lowest BCUT2D eigenvalue weighted by Gasteiger charge is -2.06. The van der Waals surface area contributed by atoms with Gasteiger partial charge in [0.15, 0.2) is 0 Å². The minimum Gasteiger partial charge on any atom is -0.411 e. The lowest BCUT2D eigenvalue weighted by Crippen LogP contribution is -2.13. The van der Waals surface area contributed by atoms with Crippen molar-refractivity contribution >= 4 is 34.6 Å². The first-order chi connectivity index (χ1) is 7.60. The summed E-state index contributed by atoms with van der Waals surface area (Å²) in [5.41, 5.74) is 1.24. The Bertz CT molecular complexity index is 444. The zero-order valence-electron chi connectivity index (χ0n) is 8.74. The molecule has 4 nitrogen and oxygen atoms in total. The van der Waals surface area contributed by atoms with E-state index in [0.717, 1.165) is 0 Å². The highest BCUT2D eigenvalue weighted by Gasteiger charge is 2.13. The summed E-state index contributed by atoms with van der Waals surface area (Å²) in [6.07, 6.45) is 0. The van der Waals surface area contributed by atoms with E-state index in [2.05, 4.69) is 15.1 Å². The molecule has 0 atom stereocenters. The normalized spacial score (nSPS) is 12.8. The number of halogens is 2. The van der Waals surface area contributed by atoms with Crippen molar-refractivity contribution in [3.05, 3.63) is 33.8 Å². The minimum atomic E-state index is 0.297. The monoisotopic (exact) mass is 260 g/mol. The molecule has 16 heavy (non-hydrogen) atoms. The topological polar surface area (TPSA) is 54.2 Å². The Morgan fingerprint density at radius 2 is 2.06 bits per heavy atom. The second-order valence-electron chi connectivity index (χ2n) is 2.93. The third-order valence-corrected chi connectivity index (χ3v) is 2.41. The highest BCUT2D eigenvalue weighted by Crippen LogP contribution is 2.22. The molecule has 0 fully saturated rings. The fraction of sp³-hybridized carbons (Fsp3) is 0.200. The summed E-state index contributed by atoms with van der Waals surface area (Å²) >= 11 is 11.8. The van der Waals surface area contributed by atoms with Crippen molar-refractivity contribution in [2.24, 2.45) is 10.3 Å². The van der Waals surface area contributed by atoms with E-state index < -0.39 is 0 Å². The van der Waals surface area contributed by atoms with E-state index in [1.165, 1.54) is 7.11 Å². The molecule has 0 amide bonds. The number of oxime groups is 2. The molecule has 86 valence electrons. The van der Waals surface area contributed by atoms with Crippen LogP contribution in [0.5, 0.6) is 0 Å². The van der Waals surface area contributed by atoms with Crippen LogP contribution in [0.3, 0.4) is 0 Å². The predicted molar refractivity (Wildman–Crippen MR) is 64.9 cm³/mol. The molecule has 0 bridgehead atoms. The first kappa shape index (κ1) is 12.8. The summed E-state index contributed by atoms with van der Waals surface area (Å²) in [4.78, 5) is 4.67. The van der Waals surface area contributed by atoms with Gasteiger partial charge in [-0.3, -0.25) is 0 Å². The van der Waals surface area contributed by atoms with Gasteiger partial charge in [0.05, 0.1) is 5.02 Å². The van der Waals surface area contributed by atoms with Crippen molar-refractivity contribution < 1.29 is 10.0 Å². The first-order valence-corrected chi connectivity index (χ1v) is 5.11. The number of benzene rings is 1. The maximum absolute atomic E-state index is 8.72. The van der Waals surface area contributed by atoms with Crippen LogP contribution >= 0.6 is 23.2 Å². The molecule has 0 radical (unpaired) electrons. The third kappa shape index (κ3) is 2.87. The molecule has 0 heterocycles. The SMILES string of the molecule is CO/N=C(/C(C)=N/O)c1ccc(Cl)cc1Cl. The van der Waals surface area contributed by atoms with Gasteiger partial charge in [-0.1, -0.05) is 33.5 Å². The van der Waals surface area contributed by atoms with Gasteiger partial charge in [-0.2, -0.15) is 0 Å². The first-order valence-electron chi connectivity index (χ1n) is 4.35. The van der Waals surface area contributed by atoms with Crippen LogP contribution in [0.1, 0.15) is 12.5 Å². The second kappa shape index (κ2) is 5.72. The van der Waals surface area contributed by atoms with Gasteiger partial charge in [0.1, 0.15) is 18.5 Å². The average Bonchev–Trinajstić information content (AvgIpc) is 2.26. The quantitative estimate of drug-likeness (QED) is 0.516. The fourth-order valence-corrected chi connectivity index (χ4v) is 1.63. The molecule has 0 aliphatic rings. The van der Waals surface area contributed by atoms with Crippen molar-refractivity contribution in [2.45, 2.75) is 6.92 Å². The lowest BCUT2D eigenvalue weighted by atomic mass is 10.1. The van der Waals surface area contributed by atoms with Gasteiger partial charge < -0.3 is 10.0 Å².